The molecule has 504 valence electrons. The summed E-state index contributed by atoms with van der Waals surface area (Å²) in [5.41, 5.74) is 28.7. The lowest BCUT2D eigenvalue weighted by Gasteiger charge is -2.12. The van der Waals surface area contributed by atoms with Gasteiger partial charge in [-0.15, -0.1) is 0 Å². The molecular weight excluding hydrogens is 1310 g/mol. The first-order chi connectivity index (χ1) is 53.6. The maximum absolute atomic E-state index is 2.47. The fourth-order valence-electron chi connectivity index (χ4n) is 17.7. The van der Waals surface area contributed by atoms with Crippen LogP contribution in [0.5, 0.6) is 0 Å². The molecule has 23 aromatic rings. The molecule has 6 heterocycles. The summed E-state index contributed by atoms with van der Waals surface area (Å²) in [5, 5.41) is 15.0. The molecule has 0 saturated carbocycles. The van der Waals surface area contributed by atoms with Gasteiger partial charge in [-0.25, -0.2) is 0 Å². The Kier molecular flexibility index (Phi) is 13.9. The van der Waals surface area contributed by atoms with Gasteiger partial charge < -0.3 is 27.4 Å². The first kappa shape index (κ1) is 61.1. The van der Waals surface area contributed by atoms with Crippen molar-refractivity contribution in [3.05, 3.63) is 400 Å². The van der Waals surface area contributed by atoms with Crippen LogP contribution in [-0.4, -0.2) is 27.4 Å². The van der Waals surface area contributed by atoms with Crippen molar-refractivity contribution < 1.29 is 0 Å². The topological polar surface area (TPSA) is 29.6 Å². The summed E-state index contributed by atoms with van der Waals surface area (Å²) in [6.07, 6.45) is 0. The van der Waals surface area contributed by atoms with E-state index < -0.39 is 0 Å². The number of nitrogens with zero attached hydrogens (tertiary/aromatic N) is 6. The number of hydrogen-bond donors (Lipinski definition) is 0. The molecule has 108 heavy (non-hydrogen) atoms. The van der Waals surface area contributed by atoms with Crippen LogP contribution in [0, 0.1) is 0 Å². The standard InChI is InChI=1S/C54H35N3.C48H31N3/c1-4-14-36(15-5-1)37-24-28-42(29-25-37)55-49-22-12-11-21-44(49)47-34-38(26-32-51(47)55)39-27-33-52-48(35-39)46-31-30-45-43-20-10-13-23-50(43)56(40-16-6-2-7-17-40)53(45)54(46)57(52)41-18-8-3-9-19-41;1-4-14-34(15-5-1)49-43-22-12-11-21-38(43)41-30-32(24-28-45(41)49)33-25-29-46-42(31-33)40-27-26-39-37-20-10-13-23-44(37)50(35-16-6-2-7-17-35)47(39)48(40)51(46)36-18-8-3-9-19-36/h1-35H;1-31H. The summed E-state index contributed by atoms with van der Waals surface area (Å²) in [6.45, 7) is 0. The predicted octanol–water partition coefficient (Wildman–Crippen LogP) is 27.0. The molecule has 0 atom stereocenters. The van der Waals surface area contributed by atoms with Crippen molar-refractivity contribution in [1.29, 1.82) is 0 Å². The summed E-state index contributed by atoms with van der Waals surface area (Å²) in [7, 11) is 0. The Morgan fingerprint density at radius 1 is 0.111 bits per heavy atom. The van der Waals surface area contributed by atoms with Gasteiger partial charge in [0, 0.05) is 98.8 Å². The number of rotatable bonds is 9. The van der Waals surface area contributed by atoms with Crippen LogP contribution < -0.4 is 0 Å². The lowest BCUT2D eigenvalue weighted by atomic mass is 10.00. The highest BCUT2D eigenvalue weighted by atomic mass is 15.1. The van der Waals surface area contributed by atoms with E-state index in [1.807, 2.05) is 0 Å². The molecule has 0 amide bonds. The zero-order valence-corrected chi connectivity index (χ0v) is 58.8. The van der Waals surface area contributed by atoms with Crippen molar-refractivity contribution in [2.75, 3.05) is 0 Å². The molecule has 0 aliphatic carbocycles. The van der Waals surface area contributed by atoms with Crippen molar-refractivity contribution in [1.82, 2.24) is 27.4 Å². The van der Waals surface area contributed by atoms with Gasteiger partial charge in [0.2, 0.25) is 0 Å². The van der Waals surface area contributed by atoms with E-state index in [1.165, 1.54) is 170 Å². The van der Waals surface area contributed by atoms with Gasteiger partial charge in [0.05, 0.1) is 66.2 Å². The van der Waals surface area contributed by atoms with Crippen LogP contribution in [0.3, 0.4) is 0 Å². The van der Waals surface area contributed by atoms with Gasteiger partial charge in [0.1, 0.15) is 0 Å². The van der Waals surface area contributed by atoms with Crippen LogP contribution in [0.1, 0.15) is 0 Å². The average molecular weight is 1380 g/mol. The molecule has 0 N–H and O–H groups in total. The summed E-state index contributed by atoms with van der Waals surface area (Å²) < 4.78 is 14.6. The Hall–Kier alpha value is -14.5. The number of fused-ring (bicyclic) bond motifs is 20. The smallest absolute Gasteiger partial charge is 0.0788 e. The van der Waals surface area contributed by atoms with Crippen LogP contribution in [0.2, 0.25) is 0 Å². The quantitative estimate of drug-likeness (QED) is 0.138. The van der Waals surface area contributed by atoms with E-state index in [0.717, 1.165) is 28.4 Å². The summed E-state index contributed by atoms with van der Waals surface area (Å²) in [6, 6.07) is 146. The number of aromatic nitrogens is 6. The molecule has 0 fully saturated rings. The van der Waals surface area contributed by atoms with Gasteiger partial charge in [-0.1, -0.05) is 255 Å². The Balaban J connectivity index is 0.000000135. The zero-order valence-electron chi connectivity index (χ0n) is 58.8. The Morgan fingerprint density at radius 2 is 0.306 bits per heavy atom. The van der Waals surface area contributed by atoms with Crippen molar-refractivity contribution in [3.63, 3.8) is 0 Å². The molecule has 0 aliphatic heterocycles. The number of benzene rings is 17. The van der Waals surface area contributed by atoms with E-state index in [4.69, 9.17) is 0 Å². The molecule has 6 nitrogen and oxygen atoms in total. The second kappa shape index (κ2) is 24.6. The SMILES string of the molecule is c1ccc(-c2ccc(-n3c4ccccc4c4cc(-c5ccc6c(c5)c5ccc7c8ccccc8n(-c8ccccc8)c7c5n6-c5ccccc5)ccc43)cc2)cc1.c1ccc(-n2c3ccccc3c3cc(-c4ccc5c(c4)c4ccc6c7ccccc7n(-c7ccccc7)c6c4n5-c4ccccc4)ccc32)cc1. The minimum absolute atomic E-state index is 1.15. The van der Waals surface area contributed by atoms with Crippen molar-refractivity contribution in [2.45, 2.75) is 0 Å². The highest BCUT2D eigenvalue weighted by Gasteiger charge is 2.25. The van der Waals surface area contributed by atoms with E-state index >= 15 is 0 Å². The summed E-state index contributed by atoms with van der Waals surface area (Å²) in [4.78, 5) is 0. The number of hydrogen-bond acceptors (Lipinski definition) is 0. The van der Waals surface area contributed by atoms with Crippen molar-refractivity contribution in [3.8, 4) is 67.5 Å². The van der Waals surface area contributed by atoms with E-state index in [2.05, 4.69) is 428 Å². The van der Waals surface area contributed by atoms with Gasteiger partial charge in [0.15, 0.2) is 0 Å². The Morgan fingerprint density at radius 3 is 0.620 bits per heavy atom. The van der Waals surface area contributed by atoms with Crippen molar-refractivity contribution in [2.24, 2.45) is 0 Å². The summed E-state index contributed by atoms with van der Waals surface area (Å²) >= 11 is 0. The molecular formula is C102H66N6. The second-order valence-electron chi connectivity index (χ2n) is 28.3. The van der Waals surface area contributed by atoms with Gasteiger partial charge in [-0.3, -0.25) is 0 Å². The Labute approximate surface area is 622 Å². The first-order valence-corrected chi connectivity index (χ1v) is 37.1. The van der Waals surface area contributed by atoms with Gasteiger partial charge >= 0.3 is 0 Å². The lowest BCUT2D eigenvalue weighted by molar-refractivity contribution is 1.15. The third-order valence-electron chi connectivity index (χ3n) is 22.4. The Bertz CT molecular complexity index is 7480. The lowest BCUT2D eigenvalue weighted by Crippen LogP contribution is -1.98. The monoisotopic (exact) mass is 1370 g/mol. The normalized spacial score (nSPS) is 11.9. The molecule has 0 radical (unpaired) electrons. The van der Waals surface area contributed by atoms with Crippen LogP contribution in [-0.2, 0) is 0 Å². The minimum atomic E-state index is 1.15. The van der Waals surface area contributed by atoms with Crippen molar-refractivity contribution >= 4 is 131 Å². The zero-order chi connectivity index (χ0) is 70.9. The molecule has 23 rings (SSSR count). The molecule has 17 aromatic carbocycles. The van der Waals surface area contributed by atoms with E-state index in [0.29, 0.717) is 0 Å². The molecule has 0 saturated heterocycles. The van der Waals surface area contributed by atoms with Crippen LogP contribution in [0.15, 0.2) is 400 Å². The predicted molar refractivity (Wildman–Crippen MR) is 455 cm³/mol. The van der Waals surface area contributed by atoms with Gasteiger partial charge in [-0.2, -0.15) is 0 Å². The first-order valence-electron chi connectivity index (χ1n) is 37.1. The largest absolute Gasteiger partial charge is 0.309 e. The molecule has 6 aromatic heterocycles. The van der Waals surface area contributed by atoms with Gasteiger partial charge in [-0.05, 0) is 179 Å². The molecule has 0 unspecified atom stereocenters. The van der Waals surface area contributed by atoms with E-state index in [1.54, 1.807) is 0 Å². The average Bonchev–Trinajstić information content (AvgIpc) is 1.55. The number of para-hydroxylation sites is 9. The highest BCUT2D eigenvalue weighted by Crippen LogP contribution is 2.47. The third-order valence-corrected chi connectivity index (χ3v) is 22.4. The minimum Gasteiger partial charge on any atom is -0.309 e. The highest BCUT2D eigenvalue weighted by molar-refractivity contribution is 6.26. The fourth-order valence-corrected chi connectivity index (χ4v) is 17.7. The maximum atomic E-state index is 2.47. The van der Waals surface area contributed by atoms with Gasteiger partial charge in [0.25, 0.3) is 0 Å². The van der Waals surface area contributed by atoms with E-state index in [-0.39, 0.29) is 0 Å². The fraction of sp³-hybridized carbons (Fsp3) is 0. The molecule has 0 aliphatic rings. The van der Waals surface area contributed by atoms with Crippen LogP contribution in [0.25, 0.3) is 198 Å². The molecule has 6 heteroatoms. The van der Waals surface area contributed by atoms with Crippen LogP contribution >= 0.6 is 0 Å². The molecule has 0 bridgehead atoms. The molecule has 0 spiro atoms. The maximum Gasteiger partial charge on any atom is 0.0788 e. The summed E-state index contributed by atoms with van der Waals surface area (Å²) in [5.74, 6) is 0. The van der Waals surface area contributed by atoms with Crippen LogP contribution in [0.4, 0.5) is 0 Å². The second-order valence-corrected chi connectivity index (χ2v) is 28.3. The van der Waals surface area contributed by atoms with E-state index in [9.17, 15) is 0 Å². The third kappa shape index (κ3) is 9.47.